The van der Waals surface area contributed by atoms with Gasteiger partial charge >= 0.3 is 0 Å². The van der Waals surface area contributed by atoms with E-state index < -0.39 is 11.8 Å². The second kappa shape index (κ2) is 15.0. The number of nitrogens with zero attached hydrogens (tertiary/aromatic N) is 1. The Labute approximate surface area is 278 Å². The molecule has 0 aliphatic rings. The van der Waals surface area contributed by atoms with Crippen molar-refractivity contribution in [2.75, 3.05) is 16.4 Å². The van der Waals surface area contributed by atoms with Gasteiger partial charge in [0.05, 0.1) is 11.4 Å². The van der Waals surface area contributed by atoms with Crippen LogP contribution >= 0.6 is 46.3 Å². The maximum atomic E-state index is 13.3. The van der Waals surface area contributed by atoms with Crippen molar-refractivity contribution in [2.45, 2.75) is 11.8 Å². The van der Waals surface area contributed by atoms with E-state index in [0.29, 0.717) is 32.0 Å². The van der Waals surface area contributed by atoms with E-state index in [-0.39, 0.29) is 17.4 Å². The lowest BCUT2D eigenvalue weighted by molar-refractivity contribution is -0.114. The number of carbonyl (C=O) groups is 3. The summed E-state index contributed by atoms with van der Waals surface area (Å²) in [6, 6.07) is 28.5. The zero-order valence-electron chi connectivity index (χ0n) is 23.8. The van der Waals surface area contributed by atoms with Gasteiger partial charge in [0.2, 0.25) is 5.91 Å². The Balaban J connectivity index is 1.20. The third-order valence-corrected chi connectivity index (χ3v) is 8.70. The van der Waals surface area contributed by atoms with Gasteiger partial charge in [-0.1, -0.05) is 77.3 Å². The molecule has 4 aromatic carbocycles. The molecule has 1 aromatic heterocycles. The van der Waals surface area contributed by atoms with Crippen LogP contribution in [0.5, 0.6) is 0 Å². The molecule has 0 atom stereocenters. The minimum Gasteiger partial charge on any atom is -0.321 e. The molecular weight excluding hydrogens is 647 g/mol. The number of carbonyl (C=O) groups excluding carboxylic acids is 3. The second-order valence-corrected chi connectivity index (χ2v) is 12.5. The van der Waals surface area contributed by atoms with Crippen molar-refractivity contribution >= 4 is 80.9 Å². The van der Waals surface area contributed by atoms with Crippen LogP contribution in [0.2, 0.25) is 10.0 Å². The van der Waals surface area contributed by atoms with Crippen LogP contribution in [0.3, 0.4) is 0 Å². The molecule has 3 amide bonds. The van der Waals surface area contributed by atoms with Crippen molar-refractivity contribution < 1.29 is 14.4 Å². The number of rotatable bonds is 10. The fourth-order valence-electron chi connectivity index (χ4n) is 4.04. The van der Waals surface area contributed by atoms with E-state index >= 15 is 0 Å². The van der Waals surface area contributed by atoms with Gasteiger partial charge in [-0.15, -0.1) is 23.1 Å². The van der Waals surface area contributed by atoms with Crippen LogP contribution in [-0.2, 0) is 9.59 Å². The van der Waals surface area contributed by atoms with Crippen molar-refractivity contribution in [1.82, 2.24) is 10.3 Å². The van der Waals surface area contributed by atoms with Gasteiger partial charge in [-0.3, -0.25) is 14.4 Å². The summed E-state index contributed by atoms with van der Waals surface area (Å²) in [5.41, 5.74) is 4.38. The van der Waals surface area contributed by atoms with E-state index in [1.807, 2.05) is 36.6 Å². The molecule has 226 valence electrons. The van der Waals surface area contributed by atoms with Crippen LogP contribution in [-0.4, -0.2) is 28.5 Å². The Morgan fingerprint density at radius 1 is 0.889 bits per heavy atom. The smallest absolute Gasteiger partial charge is 0.272 e. The molecule has 0 bridgehead atoms. The summed E-state index contributed by atoms with van der Waals surface area (Å²) >= 11 is 15.1. The van der Waals surface area contributed by atoms with Crippen LogP contribution in [0.25, 0.3) is 17.3 Å². The van der Waals surface area contributed by atoms with Crippen LogP contribution < -0.4 is 16.0 Å². The summed E-state index contributed by atoms with van der Waals surface area (Å²) in [4.78, 5) is 44.1. The summed E-state index contributed by atoms with van der Waals surface area (Å²) in [6.45, 7) is 2.03. The molecular formula is C34H26Cl2N4O3S2. The highest BCUT2D eigenvalue weighted by Crippen LogP contribution is 2.27. The molecule has 45 heavy (non-hydrogen) atoms. The minimum absolute atomic E-state index is 0.00378. The van der Waals surface area contributed by atoms with Crippen molar-refractivity contribution in [3.63, 3.8) is 0 Å². The first-order valence-electron chi connectivity index (χ1n) is 13.6. The second-order valence-electron chi connectivity index (χ2n) is 9.76. The van der Waals surface area contributed by atoms with E-state index in [0.717, 1.165) is 16.2 Å². The molecule has 0 unspecified atom stereocenters. The van der Waals surface area contributed by atoms with Gasteiger partial charge in [-0.2, -0.15) is 0 Å². The third kappa shape index (κ3) is 9.06. The average Bonchev–Trinajstić information content (AvgIpc) is 3.50. The van der Waals surface area contributed by atoms with Crippen LogP contribution in [0.15, 0.2) is 113 Å². The zero-order valence-corrected chi connectivity index (χ0v) is 27.0. The largest absolute Gasteiger partial charge is 0.321 e. The molecule has 5 aromatic rings. The number of aryl methyl sites for hydroxylation is 1. The van der Waals surface area contributed by atoms with Gasteiger partial charge in [0.1, 0.15) is 5.70 Å². The average molecular weight is 674 g/mol. The maximum Gasteiger partial charge on any atom is 0.272 e. The SMILES string of the molecule is Cc1ccc(-c2csc(NC(=O)CSc3ccc(NC(=O)/C(=C/c4ccc(Cl)cc4Cl)NC(=O)c4ccccc4)cc3)n2)cc1. The number of nitrogens with one attached hydrogen (secondary N) is 3. The number of anilines is 2. The summed E-state index contributed by atoms with van der Waals surface area (Å²) in [5, 5.41) is 11.6. The first kappa shape index (κ1) is 32.0. The highest BCUT2D eigenvalue weighted by Gasteiger charge is 2.16. The molecule has 1 heterocycles. The van der Waals surface area contributed by atoms with E-state index in [2.05, 4.69) is 20.9 Å². The van der Waals surface area contributed by atoms with Gasteiger partial charge in [0.15, 0.2) is 5.13 Å². The quantitative estimate of drug-likeness (QED) is 0.102. The van der Waals surface area contributed by atoms with Gasteiger partial charge < -0.3 is 16.0 Å². The van der Waals surface area contributed by atoms with Gasteiger partial charge in [0.25, 0.3) is 11.8 Å². The van der Waals surface area contributed by atoms with Crippen molar-refractivity contribution in [1.29, 1.82) is 0 Å². The Morgan fingerprint density at radius 2 is 1.62 bits per heavy atom. The predicted octanol–water partition coefficient (Wildman–Crippen LogP) is 8.57. The van der Waals surface area contributed by atoms with Crippen molar-refractivity contribution in [3.8, 4) is 11.3 Å². The predicted molar refractivity (Wildman–Crippen MR) is 185 cm³/mol. The van der Waals surface area contributed by atoms with E-state index in [4.69, 9.17) is 23.2 Å². The number of halogens is 2. The maximum absolute atomic E-state index is 13.3. The fourth-order valence-corrected chi connectivity index (χ4v) is 5.94. The topological polar surface area (TPSA) is 100 Å². The summed E-state index contributed by atoms with van der Waals surface area (Å²) in [5.74, 6) is -0.979. The number of hydrogen-bond acceptors (Lipinski definition) is 6. The van der Waals surface area contributed by atoms with Gasteiger partial charge in [-0.05, 0) is 67.1 Å². The highest BCUT2D eigenvalue weighted by molar-refractivity contribution is 8.00. The Kier molecular flexibility index (Phi) is 10.7. The van der Waals surface area contributed by atoms with Crippen LogP contribution in [0, 0.1) is 6.92 Å². The molecule has 0 saturated heterocycles. The van der Waals surface area contributed by atoms with E-state index in [1.54, 1.807) is 72.8 Å². The third-order valence-electron chi connectivity index (χ3n) is 6.37. The molecule has 7 nitrogen and oxygen atoms in total. The van der Waals surface area contributed by atoms with Gasteiger partial charge in [0, 0.05) is 37.1 Å². The molecule has 0 aliphatic carbocycles. The number of amides is 3. The number of hydrogen-bond donors (Lipinski definition) is 3. The van der Waals surface area contributed by atoms with Crippen molar-refractivity contribution in [3.05, 3.63) is 135 Å². The molecule has 0 saturated carbocycles. The number of aromatic nitrogens is 1. The van der Waals surface area contributed by atoms with E-state index in [1.165, 1.54) is 34.7 Å². The lowest BCUT2D eigenvalue weighted by Crippen LogP contribution is -2.30. The minimum atomic E-state index is -0.543. The standard InChI is InChI=1S/C34H26Cl2N4O3S2/c1-21-7-9-22(10-8-21)30-19-45-34(39-30)40-31(41)20-44-27-15-13-26(14-16-27)37-33(43)29(17-24-11-12-25(35)18-28(24)36)38-32(42)23-5-3-2-4-6-23/h2-19H,20H2,1H3,(H,37,43)(H,38,42)(H,39,40,41)/b29-17-. The monoisotopic (exact) mass is 672 g/mol. The summed E-state index contributed by atoms with van der Waals surface area (Å²) in [6.07, 6.45) is 1.49. The zero-order chi connectivity index (χ0) is 31.8. The summed E-state index contributed by atoms with van der Waals surface area (Å²) < 4.78 is 0. The Hall–Kier alpha value is -4.41. The molecule has 11 heteroatoms. The molecule has 0 aliphatic heterocycles. The first-order chi connectivity index (χ1) is 21.7. The van der Waals surface area contributed by atoms with Gasteiger partial charge in [-0.25, -0.2) is 4.98 Å². The normalized spacial score (nSPS) is 11.1. The van der Waals surface area contributed by atoms with Crippen molar-refractivity contribution in [2.24, 2.45) is 0 Å². The highest BCUT2D eigenvalue weighted by atomic mass is 35.5. The number of thioether (sulfide) groups is 1. The molecule has 3 N–H and O–H groups in total. The van der Waals surface area contributed by atoms with Crippen LogP contribution in [0.1, 0.15) is 21.5 Å². The lowest BCUT2D eigenvalue weighted by atomic mass is 10.1. The number of benzene rings is 4. The van der Waals surface area contributed by atoms with E-state index in [9.17, 15) is 14.4 Å². The fraction of sp³-hybridized carbons (Fsp3) is 0.0588. The first-order valence-corrected chi connectivity index (χ1v) is 16.3. The molecule has 0 spiro atoms. The molecule has 0 radical (unpaired) electrons. The number of thiazole rings is 1. The molecule has 5 rings (SSSR count). The lowest BCUT2D eigenvalue weighted by Gasteiger charge is -2.12. The Morgan fingerprint density at radius 3 is 2.33 bits per heavy atom. The molecule has 0 fully saturated rings. The van der Waals surface area contributed by atoms with Crippen LogP contribution in [0.4, 0.5) is 10.8 Å². The summed E-state index contributed by atoms with van der Waals surface area (Å²) in [7, 11) is 0. The Bertz CT molecular complexity index is 1860.